The molecular formula is C45H32B2N2. The van der Waals surface area contributed by atoms with Crippen molar-refractivity contribution in [2.24, 2.45) is 0 Å². The Morgan fingerprint density at radius 3 is 1.27 bits per heavy atom. The summed E-state index contributed by atoms with van der Waals surface area (Å²) in [5.74, 6) is 0. The van der Waals surface area contributed by atoms with Crippen molar-refractivity contribution in [3.8, 4) is 11.4 Å². The van der Waals surface area contributed by atoms with Gasteiger partial charge in [-0.25, -0.2) is 0 Å². The predicted octanol–water partition coefficient (Wildman–Crippen LogP) is 6.47. The van der Waals surface area contributed by atoms with Gasteiger partial charge in [-0.05, 0) is 66.9 Å². The van der Waals surface area contributed by atoms with Gasteiger partial charge in [0.05, 0.1) is 11.0 Å². The summed E-state index contributed by atoms with van der Waals surface area (Å²) in [5, 5.41) is 5.29. The van der Waals surface area contributed by atoms with Crippen molar-refractivity contribution < 1.29 is 0 Å². The number of aromatic nitrogens is 2. The fourth-order valence-electron chi connectivity index (χ4n) is 9.99. The molecule has 228 valence electrons. The van der Waals surface area contributed by atoms with E-state index in [-0.39, 0.29) is 13.4 Å². The zero-order valence-electron chi connectivity index (χ0n) is 27.8. The Morgan fingerprint density at radius 2 is 0.776 bits per heavy atom. The first-order valence-electron chi connectivity index (χ1n) is 17.4. The van der Waals surface area contributed by atoms with Crippen LogP contribution in [0, 0.1) is 20.8 Å². The molecule has 0 spiro atoms. The number of hydrogen-bond acceptors (Lipinski definition) is 0. The third-order valence-corrected chi connectivity index (χ3v) is 11.7. The van der Waals surface area contributed by atoms with E-state index in [4.69, 9.17) is 0 Å². The highest BCUT2D eigenvalue weighted by Gasteiger charge is 2.39. The van der Waals surface area contributed by atoms with Gasteiger partial charge >= 0.3 is 0 Å². The lowest BCUT2D eigenvalue weighted by atomic mass is 9.30. The Bertz CT molecular complexity index is 2700. The van der Waals surface area contributed by atoms with Gasteiger partial charge in [-0.15, -0.1) is 0 Å². The second-order valence-electron chi connectivity index (χ2n) is 14.1. The molecule has 2 aromatic heterocycles. The largest absolute Gasteiger partial charge is 0.310 e. The van der Waals surface area contributed by atoms with Crippen molar-refractivity contribution in [3.05, 3.63) is 156 Å². The molecule has 0 amide bonds. The summed E-state index contributed by atoms with van der Waals surface area (Å²) in [6, 6.07) is 52.4. The molecule has 0 aliphatic carbocycles. The average molecular weight is 622 g/mol. The zero-order valence-corrected chi connectivity index (χ0v) is 27.8. The molecule has 0 atom stereocenters. The Kier molecular flexibility index (Phi) is 5.38. The molecule has 2 aliphatic heterocycles. The van der Waals surface area contributed by atoms with Crippen LogP contribution in [0.5, 0.6) is 0 Å². The van der Waals surface area contributed by atoms with Crippen LogP contribution in [0.15, 0.2) is 140 Å². The quantitative estimate of drug-likeness (QED) is 0.196. The van der Waals surface area contributed by atoms with Crippen LogP contribution in [0.1, 0.15) is 16.7 Å². The average Bonchev–Trinajstić information content (AvgIpc) is 3.66. The summed E-state index contributed by atoms with van der Waals surface area (Å²) in [6.07, 6.45) is 0. The molecule has 7 aromatic carbocycles. The number of nitrogens with zero attached hydrogens (tertiary/aromatic N) is 2. The van der Waals surface area contributed by atoms with E-state index in [1.165, 1.54) is 104 Å². The summed E-state index contributed by atoms with van der Waals surface area (Å²) >= 11 is 0. The van der Waals surface area contributed by atoms with Gasteiger partial charge in [0.1, 0.15) is 0 Å². The molecule has 0 fully saturated rings. The van der Waals surface area contributed by atoms with Gasteiger partial charge in [-0.2, -0.15) is 0 Å². The van der Waals surface area contributed by atoms with Crippen LogP contribution in [0.25, 0.3) is 55.0 Å². The SMILES string of the molecule is Cc1cc(C)c(B2c3ccccc3-n3c4ccccc4c4cccc2c43)c(C)c1B1c2ccccc2-n2c3ccccc3c3cccc1c32. The van der Waals surface area contributed by atoms with Crippen LogP contribution in [0.2, 0.25) is 0 Å². The molecule has 2 nitrogen and oxygen atoms in total. The highest BCUT2D eigenvalue weighted by atomic mass is 15.0. The summed E-state index contributed by atoms with van der Waals surface area (Å²) < 4.78 is 5.03. The molecule has 0 saturated carbocycles. The normalized spacial score (nSPS) is 13.1. The summed E-state index contributed by atoms with van der Waals surface area (Å²) in [5.41, 5.74) is 20.3. The van der Waals surface area contributed by atoms with Gasteiger partial charge in [0, 0.05) is 44.0 Å². The molecule has 49 heavy (non-hydrogen) atoms. The number of aryl methyl sites for hydroxylation is 2. The second-order valence-corrected chi connectivity index (χ2v) is 14.1. The van der Waals surface area contributed by atoms with Crippen molar-refractivity contribution in [2.45, 2.75) is 20.8 Å². The predicted molar refractivity (Wildman–Crippen MR) is 212 cm³/mol. The Balaban J connectivity index is 1.24. The molecule has 9 aromatic rings. The van der Waals surface area contributed by atoms with Crippen molar-refractivity contribution in [2.75, 3.05) is 0 Å². The van der Waals surface area contributed by atoms with E-state index in [2.05, 4.69) is 169 Å². The number of benzene rings is 7. The van der Waals surface area contributed by atoms with Gasteiger partial charge in [0.25, 0.3) is 0 Å². The molecule has 0 radical (unpaired) electrons. The summed E-state index contributed by atoms with van der Waals surface area (Å²) in [4.78, 5) is 0. The highest BCUT2D eigenvalue weighted by Crippen LogP contribution is 2.35. The number of rotatable bonds is 2. The van der Waals surface area contributed by atoms with Crippen LogP contribution >= 0.6 is 0 Å². The lowest BCUT2D eigenvalue weighted by molar-refractivity contribution is 1.19. The van der Waals surface area contributed by atoms with E-state index in [1.54, 1.807) is 0 Å². The number of hydrogen-bond donors (Lipinski definition) is 0. The van der Waals surface area contributed by atoms with Gasteiger partial charge < -0.3 is 9.13 Å². The van der Waals surface area contributed by atoms with Crippen LogP contribution in [0.4, 0.5) is 0 Å². The molecule has 0 saturated heterocycles. The summed E-state index contributed by atoms with van der Waals surface area (Å²) in [6.45, 7) is 7.32. The molecule has 2 aliphatic rings. The molecule has 11 rings (SSSR count). The number of fused-ring (bicyclic) bond motifs is 10. The van der Waals surface area contributed by atoms with E-state index in [9.17, 15) is 0 Å². The van der Waals surface area contributed by atoms with Crippen LogP contribution in [-0.2, 0) is 0 Å². The smallest absolute Gasteiger partial charge is 0.247 e. The fraction of sp³-hybridized carbons (Fsp3) is 0.0667. The van der Waals surface area contributed by atoms with Gasteiger partial charge in [-0.3, -0.25) is 0 Å². The maximum absolute atomic E-state index is 2.52. The number of para-hydroxylation sites is 6. The second kappa shape index (κ2) is 9.67. The van der Waals surface area contributed by atoms with E-state index < -0.39 is 0 Å². The van der Waals surface area contributed by atoms with Gasteiger partial charge in [0.15, 0.2) is 0 Å². The fourth-order valence-corrected chi connectivity index (χ4v) is 9.99. The topological polar surface area (TPSA) is 9.86 Å². The third kappa shape index (κ3) is 3.39. The maximum Gasteiger partial charge on any atom is 0.247 e. The lowest BCUT2D eigenvalue weighted by Gasteiger charge is -2.33. The highest BCUT2D eigenvalue weighted by molar-refractivity contribution is 7.01. The van der Waals surface area contributed by atoms with E-state index in [1.807, 2.05) is 0 Å². The van der Waals surface area contributed by atoms with E-state index in [0.29, 0.717) is 0 Å². The molecule has 0 unspecified atom stereocenters. The zero-order chi connectivity index (χ0) is 32.5. The Hall–Kier alpha value is -5.73. The molecule has 4 heterocycles. The van der Waals surface area contributed by atoms with Crippen LogP contribution in [0.3, 0.4) is 0 Å². The van der Waals surface area contributed by atoms with Crippen molar-refractivity contribution >= 4 is 89.8 Å². The van der Waals surface area contributed by atoms with Gasteiger partial charge in [-0.1, -0.05) is 143 Å². The first kappa shape index (κ1) is 27.2. The standard InChI is InChI=1S/C45H32B2N2/c1-27-26-28(2)43(47-35-19-7-11-25-41(35)49-39-23-9-5-15-31(39)33-17-13-21-37(47)45(33)49)29(3)42(27)46-34-18-6-10-24-40(34)48-38-22-8-4-14-30(38)32-16-12-20-36(46)44(32)48/h4-26H,1-3H3. The van der Waals surface area contributed by atoms with E-state index >= 15 is 0 Å². The molecule has 0 bridgehead atoms. The van der Waals surface area contributed by atoms with Crippen molar-refractivity contribution in [1.82, 2.24) is 9.13 Å². The Labute approximate surface area is 286 Å². The minimum atomic E-state index is 0.122. The Morgan fingerprint density at radius 1 is 0.388 bits per heavy atom. The first-order chi connectivity index (χ1) is 24.1. The maximum atomic E-state index is 2.52. The van der Waals surface area contributed by atoms with Crippen molar-refractivity contribution in [3.63, 3.8) is 0 Å². The monoisotopic (exact) mass is 622 g/mol. The molecular weight excluding hydrogens is 590 g/mol. The minimum Gasteiger partial charge on any atom is -0.310 e. The lowest BCUT2D eigenvalue weighted by Crippen LogP contribution is -2.62. The third-order valence-electron chi connectivity index (χ3n) is 11.7. The van der Waals surface area contributed by atoms with Crippen LogP contribution in [-0.4, -0.2) is 22.6 Å². The van der Waals surface area contributed by atoms with Crippen LogP contribution < -0.4 is 32.8 Å². The minimum absolute atomic E-state index is 0.122. The van der Waals surface area contributed by atoms with Crippen molar-refractivity contribution in [1.29, 1.82) is 0 Å². The first-order valence-corrected chi connectivity index (χ1v) is 17.4. The molecule has 4 heteroatoms. The summed E-state index contributed by atoms with van der Waals surface area (Å²) in [7, 11) is 0. The van der Waals surface area contributed by atoms with E-state index in [0.717, 1.165) is 0 Å². The molecule has 0 N–H and O–H groups in total. The van der Waals surface area contributed by atoms with Gasteiger partial charge in [0.2, 0.25) is 13.4 Å².